The second-order valence-electron chi connectivity index (χ2n) is 5.25. The van der Waals surface area contributed by atoms with E-state index in [1.807, 2.05) is 0 Å². The van der Waals surface area contributed by atoms with Gasteiger partial charge in [0, 0.05) is 31.4 Å². The molecule has 94 valence electrons. The molecule has 1 aromatic heterocycles. The number of hydrogen-bond donors (Lipinski definition) is 1. The van der Waals surface area contributed by atoms with Crippen LogP contribution in [0.1, 0.15) is 44.3 Å². The van der Waals surface area contributed by atoms with Crippen LogP contribution in [0.25, 0.3) is 0 Å². The monoisotopic (exact) mass is 234 g/mol. The summed E-state index contributed by atoms with van der Waals surface area (Å²) in [4.78, 5) is 7.23. The van der Waals surface area contributed by atoms with Crippen LogP contribution in [0.5, 0.6) is 0 Å². The Morgan fingerprint density at radius 1 is 1.41 bits per heavy atom. The normalized spacial score (nSPS) is 24.6. The minimum atomic E-state index is 0.500. The molecule has 1 saturated carbocycles. The van der Waals surface area contributed by atoms with E-state index in [0.29, 0.717) is 12.1 Å². The van der Waals surface area contributed by atoms with E-state index < -0.39 is 0 Å². The fraction of sp³-hybridized carbons (Fsp3) is 0.769. The largest absolute Gasteiger partial charge is 0.338 e. The molecule has 1 aromatic rings. The fourth-order valence-corrected chi connectivity index (χ4v) is 2.78. The molecule has 3 rings (SSSR count). The highest BCUT2D eigenvalue weighted by Gasteiger charge is 2.32. The molecule has 0 radical (unpaired) electrons. The minimum absolute atomic E-state index is 0.500. The molecule has 1 aliphatic carbocycles. The van der Waals surface area contributed by atoms with Crippen LogP contribution in [0, 0.1) is 0 Å². The Hall–Kier alpha value is -1.03. The maximum absolute atomic E-state index is 5.86. The van der Waals surface area contributed by atoms with Crippen LogP contribution in [-0.4, -0.2) is 28.7 Å². The Morgan fingerprint density at radius 2 is 2.24 bits per heavy atom. The molecule has 2 heterocycles. The summed E-state index contributed by atoms with van der Waals surface area (Å²) in [6.07, 6.45) is 8.37. The van der Waals surface area contributed by atoms with E-state index in [4.69, 9.17) is 10.7 Å². The lowest BCUT2D eigenvalue weighted by Crippen LogP contribution is -2.37. The van der Waals surface area contributed by atoms with Crippen molar-refractivity contribution in [3.63, 3.8) is 0 Å². The van der Waals surface area contributed by atoms with Crippen LogP contribution in [0.4, 0.5) is 5.95 Å². The highest BCUT2D eigenvalue weighted by molar-refractivity contribution is 5.38. The standard InChI is InChI=1S/C13H22N4/c1-2-10-9-17(11-5-6-11)13(15-10)16-7-3-4-12(16)8-14/h9,11-12H,2-8,14H2,1H3. The first-order chi connectivity index (χ1) is 8.33. The van der Waals surface area contributed by atoms with E-state index in [1.165, 1.54) is 37.3 Å². The molecule has 4 nitrogen and oxygen atoms in total. The number of anilines is 1. The maximum Gasteiger partial charge on any atom is 0.206 e. The molecule has 1 aliphatic heterocycles. The first kappa shape index (κ1) is 11.1. The molecular formula is C13H22N4. The van der Waals surface area contributed by atoms with Gasteiger partial charge in [0.1, 0.15) is 0 Å². The molecular weight excluding hydrogens is 212 g/mol. The third kappa shape index (κ3) is 1.95. The molecule has 1 atom stereocenters. The number of imidazole rings is 1. The summed E-state index contributed by atoms with van der Waals surface area (Å²) in [5.74, 6) is 1.18. The van der Waals surface area contributed by atoms with Gasteiger partial charge >= 0.3 is 0 Å². The van der Waals surface area contributed by atoms with Gasteiger partial charge in [0.05, 0.1) is 5.69 Å². The topological polar surface area (TPSA) is 47.1 Å². The lowest BCUT2D eigenvalue weighted by molar-refractivity contribution is 0.634. The van der Waals surface area contributed by atoms with Gasteiger partial charge in [-0.25, -0.2) is 4.98 Å². The molecule has 4 heteroatoms. The molecule has 2 N–H and O–H groups in total. The van der Waals surface area contributed by atoms with Gasteiger partial charge in [-0.3, -0.25) is 0 Å². The number of nitrogens with zero attached hydrogens (tertiary/aromatic N) is 3. The summed E-state index contributed by atoms with van der Waals surface area (Å²) in [6.45, 7) is 4.04. The molecule has 2 fully saturated rings. The Labute approximate surface area is 103 Å². The molecule has 0 aromatic carbocycles. The summed E-state index contributed by atoms with van der Waals surface area (Å²) in [5, 5.41) is 0. The molecule has 0 spiro atoms. The molecule has 0 bridgehead atoms. The smallest absolute Gasteiger partial charge is 0.206 e. The zero-order chi connectivity index (χ0) is 11.8. The van der Waals surface area contributed by atoms with Gasteiger partial charge in [-0.05, 0) is 32.1 Å². The Balaban J connectivity index is 1.92. The predicted octanol–water partition coefficient (Wildman–Crippen LogP) is 1.71. The van der Waals surface area contributed by atoms with E-state index in [9.17, 15) is 0 Å². The van der Waals surface area contributed by atoms with Crippen molar-refractivity contribution in [2.24, 2.45) is 5.73 Å². The summed E-state index contributed by atoms with van der Waals surface area (Å²) < 4.78 is 2.40. The van der Waals surface area contributed by atoms with E-state index in [-0.39, 0.29) is 0 Å². The van der Waals surface area contributed by atoms with Crippen LogP contribution in [0.2, 0.25) is 0 Å². The lowest BCUT2D eigenvalue weighted by atomic mass is 10.2. The quantitative estimate of drug-likeness (QED) is 0.862. The first-order valence-corrected chi connectivity index (χ1v) is 6.88. The summed E-state index contributed by atoms with van der Waals surface area (Å²) >= 11 is 0. The van der Waals surface area contributed by atoms with Crippen molar-refractivity contribution < 1.29 is 0 Å². The second kappa shape index (κ2) is 4.33. The van der Waals surface area contributed by atoms with Gasteiger partial charge in [0.15, 0.2) is 0 Å². The Bertz CT molecular complexity index is 394. The van der Waals surface area contributed by atoms with Crippen LogP contribution < -0.4 is 10.6 Å². The zero-order valence-corrected chi connectivity index (χ0v) is 10.6. The summed E-state index contributed by atoms with van der Waals surface area (Å²) in [7, 11) is 0. The average molecular weight is 234 g/mol. The molecule has 0 amide bonds. The molecule has 17 heavy (non-hydrogen) atoms. The average Bonchev–Trinajstić information content (AvgIpc) is 2.95. The van der Waals surface area contributed by atoms with Gasteiger partial charge in [-0.15, -0.1) is 0 Å². The van der Waals surface area contributed by atoms with Gasteiger partial charge in [-0.1, -0.05) is 6.92 Å². The Morgan fingerprint density at radius 3 is 2.88 bits per heavy atom. The van der Waals surface area contributed by atoms with E-state index in [1.54, 1.807) is 0 Å². The van der Waals surface area contributed by atoms with Crippen molar-refractivity contribution in [1.82, 2.24) is 9.55 Å². The van der Waals surface area contributed by atoms with Gasteiger partial charge < -0.3 is 15.2 Å². The number of aryl methyl sites for hydroxylation is 1. The van der Waals surface area contributed by atoms with Crippen molar-refractivity contribution in [3.8, 4) is 0 Å². The molecule has 1 unspecified atom stereocenters. The fourth-order valence-electron chi connectivity index (χ4n) is 2.78. The van der Waals surface area contributed by atoms with Gasteiger partial charge in [0.2, 0.25) is 5.95 Å². The lowest BCUT2D eigenvalue weighted by Gasteiger charge is -2.25. The van der Waals surface area contributed by atoms with Crippen LogP contribution in [0.15, 0.2) is 6.20 Å². The Kier molecular flexibility index (Phi) is 2.82. The SMILES string of the molecule is CCc1cn(C2CC2)c(N2CCCC2CN)n1. The third-order valence-electron chi connectivity index (χ3n) is 3.97. The van der Waals surface area contributed by atoms with Crippen LogP contribution in [-0.2, 0) is 6.42 Å². The first-order valence-electron chi connectivity index (χ1n) is 6.88. The number of nitrogens with two attached hydrogens (primary N) is 1. The highest BCUT2D eigenvalue weighted by atomic mass is 15.3. The van der Waals surface area contributed by atoms with E-state index in [2.05, 4.69) is 22.6 Å². The molecule has 2 aliphatic rings. The van der Waals surface area contributed by atoms with Crippen LogP contribution >= 0.6 is 0 Å². The van der Waals surface area contributed by atoms with E-state index in [0.717, 1.165) is 19.5 Å². The van der Waals surface area contributed by atoms with Crippen molar-refractivity contribution in [3.05, 3.63) is 11.9 Å². The number of hydrogen-bond acceptors (Lipinski definition) is 3. The summed E-state index contributed by atoms with van der Waals surface area (Å²) in [6, 6.07) is 1.21. The maximum atomic E-state index is 5.86. The minimum Gasteiger partial charge on any atom is -0.338 e. The van der Waals surface area contributed by atoms with Crippen molar-refractivity contribution in [2.45, 2.75) is 51.1 Å². The number of aromatic nitrogens is 2. The molecule has 1 saturated heterocycles. The van der Waals surface area contributed by atoms with Gasteiger partial charge in [-0.2, -0.15) is 0 Å². The highest BCUT2D eigenvalue weighted by Crippen LogP contribution is 2.39. The predicted molar refractivity (Wildman–Crippen MR) is 69.3 cm³/mol. The van der Waals surface area contributed by atoms with Gasteiger partial charge in [0.25, 0.3) is 0 Å². The van der Waals surface area contributed by atoms with Crippen molar-refractivity contribution in [2.75, 3.05) is 18.0 Å². The second-order valence-corrected chi connectivity index (χ2v) is 5.25. The van der Waals surface area contributed by atoms with Crippen molar-refractivity contribution in [1.29, 1.82) is 0 Å². The summed E-state index contributed by atoms with van der Waals surface area (Å²) in [5.41, 5.74) is 7.08. The zero-order valence-electron chi connectivity index (χ0n) is 10.6. The van der Waals surface area contributed by atoms with Crippen molar-refractivity contribution >= 4 is 5.95 Å². The van der Waals surface area contributed by atoms with Crippen LogP contribution in [0.3, 0.4) is 0 Å². The number of rotatable bonds is 4. The third-order valence-corrected chi connectivity index (χ3v) is 3.97. The van der Waals surface area contributed by atoms with E-state index >= 15 is 0 Å².